The zero-order chi connectivity index (χ0) is 57.6. The Hall–Kier alpha value is -2.49. The Morgan fingerprint density at radius 2 is 0.722 bits per heavy atom. The summed E-state index contributed by atoms with van der Waals surface area (Å²) < 4.78 is 22.9. The second kappa shape index (κ2) is 61.6. The van der Waals surface area contributed by atoms with Gasteiger partial charge in [-0.25, -0.2) is 4.79 Å². The first kappa shape index (κ1) is 76.5. The van der Waals surface area contributed by atoms with Crippen molar-refractivity contribution < 1.29 is 42.9 Å². The summed E-state index contributed by atoms with van der Waals surface area (Å²) in [5.41, 5.74) is 0. The number of allylic oxidation sites excluding steroid dienone is 6. The lowest BCUT2D eigenvalue weighted by molar-refractivity contribution is -0.870. The molecule has 0 saturated heterocycles. The minimum atomic E-state index is -1.51. The maximum absolute atomic E-state index is 12.8. The second-order valence-electron chi connectivity index (χ2n) is 24.5. The van der Waals surface area contributed by atoms with Gasteiger partial charge in [0.1, 0.15) is 13.2 Å². The van der Waals surface area contributed by atoms with Crippen molar-refractivity contribution in [1.29, 1.82) is 0 Å². The molecule has 79 heavy (non-hydrogen) atoms. The van der Waals surface area contributed by atoms with Crippen LogP contribution in [0.25, 0.3) is 0 Å². The smallest absolute Gasteiger partial charge is 0.361 e. The van der Waals surface area contributed by atoms with Gasteiger partial charge in [0.2, 0.25) is 0 Å². The number of nitrogens with zero attached hydrogens (tertiary/aromatic N) is 1. The second-order valence-corrected chi connectivity index (χ2v) is 24.5. The van der Waals surface area contributed by atoms with Gasteiger partial charge in [-0.2, -0.15) is 0 Å². The number of ether oxygens (including phenoxy) is 4. The zero-order valence-electron chi connectivity index (χ0n) is 53.1. The Balaban J connectivity index is 3.89. The van der Waals surface area contributed by atoms with E-state index in [1.54, 1.807) is 0 Å². The molecule has 0 rings (SSSR count). The number of carbonyl (C=O) groups is 3. The van der Waals surface area contributed by atoms with Crippen LogP contribution in [0.15, 0.2) is 36.5 Å². The Kier molecular flexibility index (Phi) is 59.6. The standard InChI is InChI=1S/C70H131NO8/c1-6-8-10-12-14-16-18-20-22-23-24-25-26-27-28-29-30-31-32-33-34-35-36-37-38-39-40-41-42-43-44-45-47-48-50-52-54-56-58-60-67(72)77-64-66(65-78-70(69(74)75)76-63-62-71(3,4)5)79-68(73)61-59-57-55-53-51-49-46-21-19-17-15-13-11-9-7-2/h9,11,15,17,21,46,66,70H,6-8,10,12-14,16,18-20,22-45,47-65H2,1-5H3/p+1/b11-9-,17-15-,46-21-. The first-order valence-electron chi connectivity index (χ1n) is 34.2. The highest BCUT2D eigenvalue weighted by molar-refractivity contribution is 5.71. The van der Waals surface area contributed by atoms with Crippen LogP contribution in [0.4, 0.5) is 0 Å². The predicted octanol–water partition coefficient (Wildman–Crippen LogP) is 20.8. The van der Waals surface area contributed by atoms with Gasteiger partial charge in [0.25, 0.3) is 6.29 Å². The van der Waals surface area contributed by atoms with Crippen LogP contribution in [0.5, 0.6) is 0 Å². The van der Waals surface area contributed by atoms with Gasteiger partial charge in [-0.1, -0.05) is 314 Å². The van der Waals surface area contributed by atoms with Crippen LogP contribution < -0.4 is 0 Å². The molecule has 0 aliphatic rings. The molecule has 0 saturated carbocycles. The highest BCUT2D eigenvalue weighted by Crippen LogP contribution is 2.19. The van der Waals surface area contributed by atoms with Crippen molar-refractivity contribution in [3.63, 3.8) is 0 Å². The van der Waals surface area contributed by atoms with Crippen molar-refractivity contribution in [2.24, 2.45) is 0 Å². The summed E-state index contributed by atoms with van der Waals surface area (Å²) in [6, 6.07) is 0. The van der Waals surface area contributed by atoms with Gasteiger partial charge in [0.05, 0.1) is 34.4 Å². The molecule has 0 radical (unpaired) electrons. The van der Waals surface area contributed by atoms with Crippen molar-refractivity contribution in [3.05, 3.63) is 36.5 Å². The lowest BCUT2D eigenvalue weighted by Crippen LogP contribution is -2.40. The van der Waals surface area contributed by atoms with E-state index in [0.717, 1.165) is 70.6 Å². The fourth-order valence-corrected chi connectivity index (χ4v) is 10.2. The topological polar surface area (TPSA) is 108 Å². The van der Waals surface area contributed by atoms with Crippen molar-refractivity contribution in [2.45, 2.75) is 347 Å². The van der Waals surface area contributed by atoms with Crippen LogP contribution in [0, 0.1) is 0 Å². The molecule has 9 heteroatoms. The van der Waals surface area contributed by atoms with E-state index in [1.807, 2.05) is 21.1 Å². The van der Waals surface area contributed by atoms with Gasteiger partial charge in [-0.05, 0) is 44.9 Å². The fourth-order valence-electron chi connectivity index (χ4n) is 10.2. The number of carboxylic acid groups (broad SMARTS) is 1. The van der Waals surface area contributed by atoms with Crippen LogP contribution in [-0.4, -0.2) is 87.4 Å². The Morgan fingerprint density at radius 1 is 0.392 bits per heavy atom. The molecule has 0 aliphatic carbocycles. The maximum Gasteiger partial charge on any atom is 0.361 e. The lowest BCUT2D eigenvalue weighted by Gasteiger charge is -2.25. The molecule has 2 unspecified atom stereocenters. The molecule has 0 heterocycles. The van der Waals surface area contributed by atoms with Crippen LogP contribution in [0.3, 0.4) is 0 Å². The van der Waals surface area contributed by atoms with E-state index in [0.29, 0.717) is 23.9 Å². The summed E-state index contributed by atoms with van der Waals surface area (Å²) in [6.07, 6.45) is 74.4. The van der Waals surface area contributed by atoms with E-state index >= 15 is 0 Å². The monoisotopic (exact) mass is 1110 g/mol. The van der Waals surface area contributed by atoms with E-state index in [-0.39, 0.29) is 32.2 Å². The van der Waals surface area contributed by atoms with Crippen molar-refractivity contribution in [1.82, 2.24) is 0 Å². The number of hydrogen-bond acceptors (Lipinski definition) is 7. The lowest BCUT2D eigenvalue weighted by atomic mass is 10.0. The number of carboxylic acids is 1. The normalized spacial score (nSPS) is 12.9. The molecule has 9 nitrogen and oxygen atoms in total. The summed E-state index contributed by atoms with van der Waals surface area (Å²) in [6.45, 7) is 4.79. The highest BCUT2D eigenvalue weighted by atomic mass is 16.7. The van der Waals surface area contributed by atoms with Crippen LogP contribution >= 0.6 is 0 Å². The first-order chi connectivity index (χ1) is 38.6. The fraction of sp³-hybridized carbons (Fsp3) is 0.871. The number of esters is 2. The SMILES string of the molecule is CC/C=C\C/C=C\C/C=C\CCCCCCCC(=O)OC(COC(=O)CCCCCCCCCCCCCCCCCCCCCCCCCCCCCCCCCCCCCCCCC)COC(OCC[N+](C)(C)C)C(=O)O. The number of quaternary nitrogens is 1. The number of likely N-dealkylation sites (N-methyl/N-ethyl adjacent to an activating group) is 1. The number of unbranched alkanes of at least 4 members (excludes halogenated alkanes) is 43. The molecule has 464 valence electrons. The molecule has 0 aromatic carbocycles. The first-order valence-corrected chi connectivity index (χ1v) is 34.2. The van der Waals surface area contributed by atoms with Crippen molar-refractivity contribution in [2.75, 3.05) is 47.5 Å². The number of rotatable bonds is 64. The molecule has 1 N–H and O–H groups in total. The Morgan fingerprint density at radius 3 is 1.08 bits per heavy atom. The predicted molar refractivity (Wildman–Crippen MR) is 337 cm³/mol. The van der Waals surface area contributed by atoms with Gasteiger partial charge in [0, 0.05) is 12.8 Å². The summed E-state index contributed by atoms with van der Waals surface area (Å²) >= 11 is 0. The molecular weight excluding hydrogens is 983 g/mol. The van der Waals surface area contributed by atoms with Gasteiger partial charge in [0.15, 0.2) is 6.10 Å². The van der Waals surface area contributed by atoms with E-state index in [9.17, 15) is 19.5 Å². The third-order valence-corrected chi connectivity index (χ3v) is 15.4. The van der Waals surface area contributed by atoms with E-state index in [4.69, 9.17) is 18.9 Å². The maximum atomic E-state index is 12.8. The quantitative estimate of drug-likeness (QED) is 0.0211. The number of aliphatic carboxylic acids is 1. The third kappa shape index (κ3) is 63.0. The highest BCUT2D eigenvalue weighted by Gasteiger charge is 2.25. The zero-order valence-corrected chi connectivity index (χ0v) is 53.1. The molecular formula is C70H132NO8+. The van der Waals surface area contributed by atoms with Crippen molar-refractivity contribution >= 4 is 17.9 Å². The number of hydrogen-bond donors (Lipinski definition) is 1. The van der Waals surface area contributed by atoms with Crippen LogP contribution in [-0.2, 0) is 33.3 Å². The Labute approximate surface area is 490 Å². The van der Waals surface area contributed by atoms with Crippen LogP contribution in [0.2, 0.25) is 0 Å². The van der Waals surface area contributed by atoms with E-state index < -0.39 is 24.3 Å². The van der Waals surface area contributed by atoms with Gasteiger partial charge >= 0.3 is 17.9 Å². The van der Waals surface area contributed by atoms with Gasteiger partial charge in [-0.15, -0.1) is 0 Å². The van der Waals surface area contributed by atoms with Crippen molar-refractivity contribution in [3.8, 4) is 0 Å². The average Bonchev–Trinajstić information content (AvgIpc) is 3.42. The van der Waals surface area contributed by atoms with E-state index in [2.05, 4.69) is 50.3 Å². The molecule has 0 aliphatic heterocycles. The molecule has 0 bridgehead atoms. The minimum Gasteiger partial charge on any atom is -0.477 e. The minimum absolute atomic E-state index is 0.185. The largest absolute Gasteiger partial charge is 0.477 e. The van der Waals surface area contributed by atoms with Crippen LogP contribution in [0.1, 0.15) is 335 Å². The molecule has 0 aromatic rings. The molecule has 0 aromatic heterocycles. The van der Waals surface area contributed by atoms with Gasteiger partial charge < -0.3 is 28.5 Å². The Bertz CT molecular complexity index is 1390. The summed E-state index contributed by atoms with van der Waals surface area (Å²) in [5, 5.41) is 9.71. The average molecular weight is 1120 g/mol. The molecule has 0 spiro atoms. The summed E-state index contributed by atoms with van der Waals surface area (Å²) in [5.74, 6) is -2.01. The number of carbonyl (C=O) groups excluding carboxylic acids is 2. The third-order valence-electron chi connectivity index (χ3n) is 15.4. The summed E-state index contributed by atoms with van der Waals surface area (Å²) in [7, 11) is 5.97. The molecule has 0 fully saturated rings. The van der Waals surface area contributed by atoms with E-state index in [1.165, 1.54) is 231 Å². The molecule has 0 amide bonds. The summed E-state index contributed by atoms with van der Waals surface area (Å²) in [4.78, 5) is 37.4. The molecule has 2 atom stereocenters. The van der Waals surface area contributed by atoms with Gasteiger partial charge in [-0.3, -0.25) is 9.59 Å².